The molecule has 16 heavy (non-hydrogen) atoms. The molecule has 0 aromatic heterocycles. The van der Waals surface area contributed by atoms with Gasteiger partial charge in [0.15, 0.2) is 0 Å². The third kappa shape index (κ3) is 2.60. The van der Waals surface area contributed by atoms with Crippen molar-refractivity contribution in [3.05, 3.63) is 35.6 Å². The Morgan fingerprint density at radius 2 is 2.19 bits per heavy atom. The Hall–Kier alpha value is -0.930. The van der Waals surface area contributed by atoms with Crippen molar-refractivity contribution in [3.8, 4) is 0 Å². The molecule has 0 radical (unpaired) electrons. The fourth-order valence-corrected chi connectivity index (χ4v) is 2.14. The Bertz CT molecular complexity index is 354. The highest BCUT2D eigenvalue weighted by Crippen LogP contribution is 2.23. The molecular weight excluding hydrogens is 207 g/mol. The number of aliphatic hydroxyl groups is 1. The normalized spacial score (nSPS) is 26.9. The largest absolute Gasteiger partial charge is 0.390 e. The molecule has 1 aliphatic heterocycles. The highest BCUT2D eigenvalue weighted by atomic mass is 19.1. The first-order chi connectivity index (χ1) is 7.66. The molecule has 0 saturated carbocycles. The van der Waals surface area contributed by atoms with E-state index >= 15 is 0 Å². The van der Waals surface area contributed by atoms with Gasteiger partial charge in [-0.15, -0.1) is 0 Å². The van der Waals surface area contributed by atoms with E-state index in [1.807, 2.05) is 6.92 Å². The summed E-state index contributed by atoms with van der Waals surface area (Å²) in [5.41, 5.74) is 0.554. The fourth-order valence-electron chi connectivity index (χ4n) is 2.14. The Kier molecular flexibility index (Phi) is 3.56. The molecule has 1 heterocycles. The van der Waals surface area contributed by atoms with E-state index in [2.05, 4.69) is 0 Å². The standard InChI is InChI=1S/C13H17FO2/c1-9-6-7-13(16-9)12(15)8-10-4-2-3-5-11(10)14/h2-5,9,12-13,15H,6-8H2,1H3. The molecule has 1 fully saturated rings. The Morgan fingerprint density at radius 1 is 1.44 bits per heavy atom. The summed E-state index contributed by atoms with van der Waals surface area (Å²) >= 11 is 0. The van der Waals surface area contributed by atoms with Crippen molar-refractivity contribution in [2.45, 2.75) is 44.5 Å². The van der Waals surface area contributed by atoms with E-state index < -0.39 is 6.10 Å². The lowest BCUT2D eigenvalue weighted by molar-refractivity contribution is -0.0281. The molecule has 2 nitrogen and oxygen atoms in total. The monoisotopic (exact) mass is 224 g/mol. The second kappa shape index (κ2) is 4.93. The molecule has 0 spiro atoms. The van der Waals surface area contributed by atoms with E-state index in [1.165, 1.54) is 6.07 Å². The minimum Gasteiger partial charge on any atom is -0.390 e. The zero-order valence-electron chi connectivity index (χ0n) is 9.40. The van der Waals surface area contributed by atoms with E-state index in [0.29, 0.717) is 12.0 Å². The molecule has 3 unspecified atom stereocenters. The number of hydrogen-bond acceptors (Lipinski definition) is 2. The SMILES string of the molecule is CC1CCC(C(O)Cc2ccccc2F)O1. The van der Waals surface area contributed by atoms with Gasteiger partial charge in [0.2, 0.25) is 0 Å². The van der Waals surface area contributed by atoms with Crippen molar-refractivity contribution in [1.82, 2.24) is 0 Å². The molecule has 0 amide bonds. The average molecular weight is 224 g/mol. The summed E-state index contributed by atoms with van der Waals surface area (Å²) in [6.07, 6.45) is 1.61. The maximum absolute atomic E-state index is 13.4. The molecule has 2 rings (SSSR count). The molecule has 3 atom stereocenters. The quantitative estimate of drug-likeness (QED) is 0.853. The molecule has 1 aromatic carbocycles. The molecule has 0 bridgehead atoms. The van der Waals surface area contributed by atoms with Gasteiger partial charge in [-0.05, 0) is 31.4 Å². The third-order valence-corrected chi connectivity index (χ3v) is 3.08. The average Bonchev–Trinajstić information content (AvgIpc) is 2.68. The molecule has 88 valence electrons. The lowest BCUT2D eigenvalue weighted by Crippen LogP contribution is -2.28. The summed E-state index contributed by atoms with van der Waals surface area (Å²) in [4.78, 5) is 0. The van der Waals surface area contributed by atoms with Gasteiger partial charge >= 0.3 is 0 Å². The van der Waals surface area contributed by atoms with Gasteiger partial charge in [0.05, 0.1) is 18.3 Å². The number of hydrogen-bond donors (Lipinski definition) is 1. The second-order valence-corrected chi connectivity index (χ2v) is 4.43. The Morgan fingerprint density at radius 3 is 2.81 bits per heavy atom. The van der Waals surface area contributed by atoms with Crippen LogP contribution in [0.4, 0.5) is 4.39 Å². The summed E-state index contributed by atoms with van der Waals surface area (Å²) in [6.45, 7) is 2.00. The second-order valence-electron chi connectivity index (χ2n) is 4.43. The van der Waals surface area contributed by atoms with Crippen LogP contribution in [0.15, 0.2) is 24.3 Å². The van der Waals surface area contributed by atoms with Crippen molar-refractivity contribution in [1.29, 1.82) is 0 Å². The molecule has 0 aliphatic carbocycles. The zero-order valence-corrected chi connectivity index (χ0v) is 9.40. The zero-order chi connectivity index (χ0) is 11.5. The van der Waals surface area contributed by atoms with Crippen molar-refractivity contribution in [2.24, 2.45) is 0 Å². The van der Waals surface area contributed by atoms with Crippen LogP contribution in [0.25, 0.3) is 0 Å². The van der Waals surface area contributed by atoms with Crippen molar-refractivity contribution in [2.75, 3.05) is 0 Å². The molecule has 1 aromatic rings. The summed E-state index contributed by atoms with van der Waals surface area (Å²) in [7, 11) is 0. The number of ether oxygens (including phenoxy) is 1. The smallest absolute Gasteiger partial charge is 0.126 e. The van der Waals surface area contributed by atoms with Gasteiger partial charge in [0.25, 0.3) is 0 Å². The van der Waals surface area contributed by atoms with Crippen LogP contribution in [0.2, 0.25) is 0 Å². The van der Waals surface area contributed by atoms with Gasteiger partial charge in [0, 0.05) is 6.42 Å². The maximum Gasteiger partial charge on any atom is 0.126 e. The first-order valence-corrected chi connectivity index (χ1v) is 5.73. The van der Waals surface area contributed by atoms with Crippen LogP contribution in [0.5, 0.6) is 0 Å². The van der Waals surface area contributed by atoms with Gasteiger partial charge in [-0.2, -0.15) is 0 Å². The van der Waals surface area contributed by atoms with Crippen LogP contribution in [0, 0.1) is 5.82 Å². The lowest BCUT2D eigenvalue weighted by Gasteiger charge is -2.18. The van der Waals surface area contributed by atoms with Crippen molar-refractivity contribution in [3.63, 3.8) is 0 Å². The Balaban J connectivity index is 1.97. The topological polar surface area (TPSA) is 29.5 Å². The van der Waals surface area contributed by atoms with Crippen molar-refractivity contribution < 1.29 is 14.2 Å². The van der Waals surface area contributed by atoms with E-state index in [-0.39, 0.29) is 18.0 Å². The number of aliphatic hydroxyl groups excluding tert-OH is 1. The minimum absolute atomic E-state index is 0.144. The molecule has 1 N–H and O–H groups in total. The summed E-state index contributed by atoms with van der Waals surface area (Å²) in [5, 5.41) is 9.95. The predicted molar refractivity (Wildman–Crippen MR) is 59.7 cm³/mol. The van der Waals surface area contributed by atoms with Gasteiger partial charge in [-0.3, -0.25) is 0 Å². The third-order valence-electron chi connectivity index (χ3n) is 3.08. The van der Waals surface area contributed by atoms with Crippen LogP contribution in [0.3, 0.4) is 0 Å². The van der Waals surface area contributed by atoms with Crippen LogP contribution < -0.4 is 0 Å². The molecular formula is C13H17FO2. The summed E-state index contributed by atoms with van der Waals surface area (Å²) in [5.74, 6) is -0.257. The molecule has 1 aliphatic rings. The van der Waals surface area contributed by atoms with Gasteiger partial charge in [-0.1, -0.05) is 18.2 Å². The maximum atomic E-state index is 13.4. The van der Waals surface area contributed by atoms with E-state index in [0.717, 1.165) is 12.8 Å². The molecule has 3 heteroatoms. The van der Waals surface area contributed by atoms with Crippen molar-refractivity contribution >= 4 is 0 Å². The van der Waals surface area contributed by atoms with Gasteiger partial charge in [0.1, 0.15) is 5.82 Å². The van der Waals surface area contributed by atoms with E-state index in [9.17, 15) is 9.50 Å². The van der Waals surface area contributed by atoms with Crippen LogP contribution in [-0.2, 0) is 11.2 Å². The minimum atomic E-state index is -0.609. The highest BCUT2D eigenvalue weighted by Gasteiger charge is 2.28. The van der Waals surface area contributed by atoms with Crippen LogP contribution >= 0.6 is 0 Å². The fraction of sp³-hybridized carbons (Fsp3) is 0.538. The summed E-state index contributed by atoms with van der Waals surface area (Å²) < 4.78 is 18.9. The van der Waals surface area contributed by atoms with Crippen LogP contribution in [0.1, 0.15) is 25.3 Å². The van der Waals surface area contributed by atoms with E-state index in [4.69, 9.17) is 4.74 Å². The summed E-state index contributed by atoms with van der Waals surface area (Å²) in [6, 6.07) is 6.56. The number of rotatable bonds is 3. The molecule has 1 saturated heterocycles. The van der Waals surface area contributed by atoms with Crippen LogP contribution in [-0.4, -0.2) is 23.4 Å². The number of benzene rings is 1. The van der Waals surface area contributed by atoms with E-state index in [1.54, 1.807) is 18.2 Å². The first-order valence-electron chi connectivity index (χ1n) is 5.73. The lowest BCUT2D eigenvalue weighted by atomic mass is 10.0. The van der Waals surface area contributed by atoms with Gasteiger partial charge in [-0.25, -0.2) is 4.39 Å². The highest BCUT2D eigenvalue weighted by molar-refractivity contribution is 5.18. The number of halogens is 1. The Labute approximate surface area is 95.1 Å². The first kappa shape index (κ1) is 11.6. The predicted octanol–water partition coefficient (Wildman–Crippen LogP) is 2.30. The van der Waals surface area contributed by atoms with Gasteiger partial charge < -0.3 is 9.84 Å².